The van der Waals surface area contributed by atoms with Crippen LogP contribution in [-0.2, 0) is 11.2 Å². The maximum Gasteiger partial charge on any atom is 0.341 e. The molecule has 0 atom stereocenters. The zero-order valence-corrected chi connectivity index (χ0v) is 15.2. The van der Waals surface area contributed by atoms with Crippen molar-refractivity contribution < 1.29 is 28.5 Å². The quantitative estimate of drug-likeness (QED) is 0.794. The first-order valence-corrected chi connectivity index (χ1v) is 8.26. The van der Waals surface area contributed by atoms with Gasteiger partial charge in [-0.25, -0.2) is 13.6 Å². The number of aliphatic carboxylic acids is 1. The highest BCUT2D eigenvalue weighted by atomic mass is 19.1. The van der Waals surface area contributed by atoms with E-state index in [1.807, 2.05) is 0 Å². The second-order valence-corrected chi connectivity index (χ2v) is 6.59. The minimum absolute atomic E-state index is 0.0988. The number of halogens is 2. The van der Waals surface area contributed by atoms with Gasteiger partial charge in [-0.05, 0) is 54.2 Å². The second kappa shape index (κ2) is 7.72. The van der Waals surface area contributed by atoms with Crippen molar-refractivity contribution in [2.24, 2.45) is 0 Å². The van der Waals surface area contributed by atoms with Gasteiger partial charge in [0.05, 0.1) is 0 Å². The smallest absolute Gasteiger partial charge is 0.341 e. The number of carboxylic acid groups (broad SMARTS) is 1. The van der Waals surface area contributed by atoms with Gasteiger partial charge >= 0.3 is 5.97 Å². The highest BCUT2D eigenvalue weighted by Gasteiger charge is 2.20. The number of rotatable bonds is 6. The van der Waals surface area contributed by atoms with Crippen LogP contribution in [0.3, 0.4) is 0 Å². The fraction of sp³-hybridized carbons (Fsp3) is 0.350. The Morgan fingerprint density at radius 1 is 1.19 bits per heavy atom. The summed E-state index contributed by atoms with van der Waals surface area (Å²) >= 11 is 0. The summed E-state index contributed by atoms with van der Waals surface area (Å²) in [6.07, 6.45) is 0.152. The number of hydrogen-bond acceptors (Lipinski definition) is 3. The van der Waals surface area contributed by atoms with Crippen LogP contribution in [0.25, 0.3) is 0 Å². The monoisotopic (exact) mass is 364 g/mol. The molecule has 140 valence electrons. The van der Waals surface area contributed by atoms with Crippen LogP contribution in [0.4, 0.5) is 8.78 Å². The lowest BCUT2D eigenvalue weighted by Crippen LogP contribution is -2.12. The van der Waals surface area contributed by atoms with Crippen molar-refractivity contribution in [3.63, 3.8) is 0 Å². The lowest BCUT2D eigenvalue weighted by atomic mass is 9.92. The van der Waals surface area contributed by atoms with Gasteiger partial charge in [-0.15, -0.1) is 0 Å². The predicted octanol–water partition coefficient (Wildman–Crippen LogP) is 4.46. The van der Waals surface area contributed by atoms with Crippen molar-refractivity contribution in [2.75, 3.05) is 6.61 Å². The minimum atomic E-state index is -1.20. The summed E-state index contributed by atoms with van der Waals surface area (Å²) in [6, 6.07) is 4.35. The van der Waals surface area contributed by atoms with E-state index in [-0.39, 0.29) is 35.0 Å². The fourth-order valence-corrected chi connectivity index (χ4v) is 2.98. The lowest BCUT2D eigenvalue weighted by molar-refractivity contribution is -0.139. The molecule has 0 fully saturated rings. The summed E-state index contributed by atoms with van der Waals surface area (Å²) in [5.74, 6) is -2.78. The molecule has 0 saturated heterocycles. The summed E-state index contributed by atoms with van der Waals surface area (Å²) in [4.78, 5) is 10.6. The normalized spacial score (nSPS) is 11.0. The number of ether oxygens (including phenoxy) is 1. The zero-order valence-electron chi connectivity index (χ0n) is 15.2. The molecule has 2 aromatic rings. The molecule has 0 aromatic heterocycles. The molecular weight excluding hydrogens is 342 g/mol. The number of hydrogen-bond donors (Lipinski definition) is 2. The standard InChI is InChI=1S/C20H22F2O4/c1-10(2)18-15(23)6-5-13(20(18)22)8-14-11(3)7-16(19(21)12(14)4)26-9-17(24)25/h5-7,10,23H,8-9H2,1-4H3,(H,24,25). The number of phenols is 1. The molecule has 0 aliphatic rings. The first kappa shape index (κ1) is 19.7. The van der Waals surface area contributed by atoms with Gasteiger partial charge in [0, 0.05) is 12.0 Å². The molecule has 0 radical (unpaired) electrons. The second-order valence-electron chi connectivity index (χ2n) is 6.59. The van der Waals surface area contributed by atoms with Gasteiger partial charge in [-0.3, -0.25) is 0 Å². The first-order chi connectivity index (χ1) is 12.1. The first-order valence-electron chi connectivity index (χ1n) is 8.26. The lowest BCUT2D eigenvalue weighted by Gasteiger charge is -2.17. The molecule has 0 bridgehead atoms. The van der Waals surface area contributed by atoms with Crippen LogP contribution >= 0.6 is 0 Å². The van der Waals surface area contributed by atoms with Gasteiger partial charge in [-0.1, -0.05) is 19.9 Å². The van der Waals surface area contributed by atoms with Crippen LogP contribution in [0.1, 0.15) is 47.6 Å². The Kier molecular flexibility index (Phi) is 5.85. The van der Waals surface area contributed by atoms with Gasteiger partial charge in [0.25, 0.3) is 0 Å². The minimum Gasteiger partial charge on any atom is -0.508 e. The summed E-state index contributed by atoms with van der Waals surface area (Å²) in [5, 5.41) is 18.5. The maximum absolute atomic E-state index is 14.8. The molecule has 0 saturated carbocycles. The average Bonchev–Trinajstić information content (AvgIpc) is 2.55. The van der Waals surface area contributed by atoms with E-state index >= 15 is 0 Å². The summed E-state index contributed by atoms with van der Waals surface area (Å²) in [5.41, 5.74) is 2.15. The number of aromatic hydroxyl groups is 1. The van der Waals surface area contributed by atoms with Crippen LogP contribution in [0.5, 0.6) is 11.5 Å². The molecule has 0 unspecified atom stereocenters. The predicted molar refractivity (Wildman–Crippen MR) is 94.0 cm³/mol. The van der Waals surface area contributed by atoms with E-state index in [0.717, 1.165) is 0 Å². The van der Waals surface area contributed by atoms with E-state index in [4.69, 9.17) is 9.84 Å². The average molecular weight is 364 g/mol. The van der Waals surface area contributed by atoms with E-state index in [1.165, 1.54) is 18.2 Å². The Morgan fingerprint density at radius 2 is 1.85 bits per heavy atom. The summed E-state index contributed by atoms with van der Waals surface area (Å²) in [7, 11) is 0. The van der Waals surface area contributed by atoms with Gasteiger partial charge < -0.3 is 14.9 Å². The molecule has 0 heterocycles. The summed E-state index contributed by atoms with van der Waals surface area (Å²) < 4.78 is 34.3. The topological polar surface area (TPSA) is 66.8 Å². The highest BCUT2D eigenvalue weighted by Crippen LogP contribution is 2.33. The Hall–Kier alpha value is -2.63. The Balaban J connectivity index is 2.44. The van der Waals surface area contributed by atoms with Crippen molar-refractivity contribution in [2.45, 2.75) is 40.0 Å². The van der Waals surface area contributed by atoms with Crippen LogP contribution in [-0.4, -0.2) is 22.8 Å². The van der Waals surface area contributed by atoms with Crippen LogP contribution in [0.2, 0.25) is 0 Å². The molecule has 0 spiro atoms. The molecular formula is C20H22F2O4. The fourth-order valence-electron chi connectivity index (χ4n) is 2.98. The van der Waals surface area contributed by atoms with E-state index in [0.29, 0.717) is 16.7 Å². The van der Waals surface area contributed by atoms with Crippen molar-refractivity contribution in [1.29, 1.82) is 0 Å². The van der Waals surface area contributed by atoms with Gasteiger partial charge in [0.15, 0.2) is 18.2 Å². The molecule has 4 nitrogen and oxygen atoms in total. The number of carboxylic acids is 1. The van der Waals surface area contributed by atoms with Crippen molar-refractivity contribution in [3.8, 4) is 11.5 Å². The molecule has 6 heteroatoms. The largest absolute Gasteiger partial charge is 0.508 e. The van der Waals surface area contributed by atoms with Crippen molar-refractivity contribution in [1.82, 2.24) is 0 Å². The van der Waals surface area contributed by atoms with Gasteiger partial charge in [0.2, 0.25) is 0 Å². The Labute approximate surface area is 151 Å². The number of benzene rings is 2. The van der Waals surface area contributed by atoms with Gasteiger partial charge in [0.1, 0.15) is 11.6 Å². The van der Waals surface area contributed by atoms with Crippen molar-refractivity contribution in [3.05, 3.63) is 57.7 Å². The van der Waals surface area contributed by atoms with E-state index in [1.54, 1.807) is 27.7 Å². The highest BCUT2D eigenvalue weighted by molar-refractivity contribution is 5.68. The molecule has 2 rings (SSSR count). The SMILES string of the molecule is Cc1cc(OCC(=O)O)c(F)c(C)c1Cc1ccc(O)c(C(C)C)c1F. The third-order valence-electron chi connectivity index (χ3n) is 4.35. The number of aryl methyl sites for hydroxylation is 1. The summed E-state index contributed by atoms with van der Waals surface area (Å²) in [6.45, 7) is 6.21. The molecule has 2 N–H and O–H groups in total. The molecule has 2 aromatic carbocycles. The van der Waals surface area contributed by atoms with Crippen LogP contribution < -0.4 is 4.74 Å². The Morgan fingerprint density at radius 3 is 2.42 bits per heavy atom. The van der Waals surface area contributed by atoms with E-state index in [9.17, 15) is 18.7 Å². The third-order valence-corrected chi connectivity index (χ3v) is 4.35. The Bertz CT molecular complexity index is 844. The van der Waals surface area contributed by atoms with E-state index < -0.39 is 24.2 Å². The zero-order chi connectivity index (χ0) is 19.6. The third kappa shape index (κ3) is 3.95. The number of phenolic OH excluding ortho intramolecular Hbond substituents is 1. The number of carbonyl (C=O) groups is 1. The van der Waals surface area contributed by atoms with Crippen molar-refractivity contribution >= 4 is 5.97 Å². The van der Waals surface area contributed by atoms with Gasteiger partial charge in [-0.2, -0.15) is 0 Å². The molecule has 0 amide bonds. The molecule has 26 heavy (non-hydrogen) atoms. The van der Waals surface area contributed by atoms with E-state index in [2.05, 4.69) is 0 Å². The van der Waals surface area contributed by atoms with Crippen LogP contribution in [0.15, 0.2) is 18.2 Å². The van der Waals surface area contributed by atoms with Crippen LogP contribution in [0, 0.1) is 25.5 Å². The maximum atomic E-state index is 14.8. The molecule has 0 aliphatic heterocycles. The molecule has 0 aliphatic carbocycles.